The number of nitrogens with zero attached hydrogens (tertiary/aromatic N) is 2. The van der Waals surface area contributed by atoms with Gasteiger partial charge in [-0.1, -0.05) is 18.2 Å². The maximum absolute atomic E-state index is 11.6. The molecular formula is C18H14ClN3O2. The molecular weight excluding hydrogens is 326 g/mol. The number of hydrogen-bond donors (Lipinski definition) is 1. The molecule has 2 aromatic carbocycles. The third-order valence-corrected chi connectivity index (χ3v) is 3.42. The van der Waals surface area contributed by atoms with Gasteiger partial charge in [0.25, 0.3) is 0 Å². The molecule has 3 aromatic rings. The number of ether oxygens (including phenoxy) is 1. The molecule has 0 radical (unpaired) electrons. The molecule has 0 amide bonds. The third-order valence-electron chi connectivity index (χ3n) is 3.23. The minimum Gasteiger partial charge on any atom is -0.457 e. The van der Waals surface area contributed by atoms with Crippen LogP contribution in [0.2, 0.25) is 5.28 Å². The van der Waals surface area contributed by atoms with E-state index in [2.05, 4.69) is 15.3 Å². The van der Waals surface area contributed by atoms with Crippen molar-refractivity contribution >= 4 is 28.9 Å². The average molecular weight is 340 g/mol. The summed E-state index contributed by atoms with van der Waals surface area (Å²) in [4.78, 5) is 19.6. The number of para-hydroxylation sites is 1. The number of nitrogens with one attached hydrogen (secondary N) is 1. The number of benzene rings is 2. The van der Waals surface area contributed by atoms with Crippen LogP contribution in [0, 0.1) is 0 Å². The Kier molecular flexibility index (Phi) is 4.72. The summed E-state index contributed by atoms with van der Waals surface area (Å²) in [6.07, 6.45) is 1.41. The molecule has 1 aromatic heterocycles. The van der Waals surface area contributed by atoms with Crippen LogP contribution in [-0.2, 0) is 0 Å². The van der Waals surface area contributed by atoms with E-state index < -0.39 is 0 Å². The van der Waals surface area contributed by atoms with E-state index in [0.717, 1.165) is 11.4 Å². The lowest BCUT2D eigenvalue weighted by atomic mass is 10.2. The fourth-order valence-electron chi connectivity index (χ4n) is 2.08. The highest BCUT2D eigenvalue weighted by Crippen LogP contribution is 2.25. The molecule has 120 valence electrons. The lowest BCUT2D eigenvalue weighted by Gasteiger charge is -2.10. The number of aromatic nitrogens is 2. The van der Waals surface area contributed by atoms with E-state index in [0.29, 0.717) is 17.1 Å². The number of carbonyl (C=O) groups is 1. The SMILES string of the molecule is CC(=O)c1cnc(Cl)nc1Nc1ccc(Oc2ccccc2)cc1. The van der Waals surface area contributed by atoms with Crippen molar-refractivity contribution in [2.24, 2.45) is 0 Å². The predicted octanol–water partition coefficient (Wildman–Crippen LogP) is 4.87. The zero-order valence-electron chi connectivity index (χ0n) is 12.9. The Morgan fingerprint density at radius 1 is 1.04 bits per heavy atom. The van der Waals surface area contributed by atoms with E-state index in [9.17, 15) is 4.79 Å². The minimum absolute atomic E-state index is 0.0755. The van der Waals surface area contributed by atoms with Gasteiger partial charge in [0.1, 0.15) is 17.3 Å². The first-order chi connectivity index (χ1) is 11.6. The quantitative estimate of drug-likeness (QED) is 0.530. The van der Waals surface area contributed by atoms with Crippen molar-refractivity contribution in [1.29, 1.82) is 0 Å². The lowest BCUT2D eigenvalue weighted by molar-refractivity contribution is 0.101. The molecule has 0 bridgehead atoms. The summed E-state index contributed by atoms with van der Waals surface area (Å²) < 4.78 is 5.74. The van der Waals surface area contributed by atoms with Crippen molar-refractivity contribution in [2.75, 3.05) is 5.32 Å². The highest BCUT2D eigenvalue weighted by molar-refractivity contribution is 6.28. The molecule has 0 spiro atoms. The molecule has 6 heteroatoms. The molecule has 1 heterocycles. The highest BCUT2D eigenvalue weighted by atomic mass is 35.5. The van der Waals surface area contributed by atoms with Crippen molar-refractivity contribution in [3.63, 3.8) is 0 Å². The maximum atomic E-state index is 11.6. The number of ketones is 1. The van der Waals surface area contributed by atoms with E-state index in [1.54, 1.807) is 0 Å². The van der Waals surface area contributed by atoms with Crippen LogP contribution in [0.5, 0.6) is 11.5 Å². The van der Waals surface area contributed by atoms with Crippen LogP contribution in [0.1, 0.15) is 17.3 Å². The minimum atomic E-state index is -0.141. The number of rotatable bonds is 5. The average Bonchev–Trinajstić information content (AvgIpc) is 2.57. The summed E-state index contributed by atoms with van der Waals surface area (Å²) in [5.74, 6) is 1.70. The number of Topliss-reactive ketones (excluding diaryl/α,β-unsaturated/α-hetero) is 1. The Morgan fingerprint density at radius 2 is 1.71 bits per heavy atom. The van der Waals surface area contributed by atoms with E-state index in [1.165, 1.54) is 13.1 Å². The molecule has 0 aliphatic carbocycles. The second kappa shape index (κ2) is 7.10. The van der Waals surface area contributed by atoms with Gasteiger partial charge in [-0.15, -0.1) is 0 Å². The summed E-state index contributed by atoms with van der Waals surface area (Å²) in [5.41, 5.74) is 1.14. The summed E-state index contributed by atoms with van der Waals surface area (Å²) in [6, 6.07) is 16.8. The van der Waals surface area contributed by atoms with Crippen molar-refractivity contribution in [3.8, 4) is 11.5 Å². The third kappa shape index (κ3) is 3.88. The topological polar surface area (TPSA) is 64.1 Å². The fraction of sp³-hybridized carbons (Fsp3) is 0.0556. The molecule has 0 unspecified atom stereocenters. The molecule has 0 aliphatic rings. The Labute approximate surface area is 144 Å². The summed E-state index contributed by atoms with van der Waals surface area (Å²) in [6.45, 7) is 1.45. The molecule has 0 saturated heterocycles. The normalized spacial score (nSPS) is 10.2. The monoisotopic (exact) mass is 339 g/mol. The molecule has 0 atom stereocenters. The molecule has 0 fully saturated rings. The van der Waals surface area contributed by atoms with Gasteiger partial charge < -0.3 is 10.1 Å². The van der Waals surface area contributed by atoms with Crippen molar-refractivity contribution < 1.29 is 9.53 Å². The smallest absolute Gasteiger partial charge is 0.224 e. The number of halogens is 1. The molecule has 1 N–H and O–H groups in total. The second-order valence-corrected chi connectivity index (χ2v) is 5.36. The van der Waals surface area contributed by atoms with Gasteiger partial charge in [-0.05, 0) is 54.9 Å². The highest BCUT2D eigenvalue weighted by Gasteiger charge is 2.11. The standard InChI is InChI=1S/C18H14ClN3O2/c1-12(23)16-11-20-18(19)22-17(16)21-13-7-9-15(10-8-13)24-14-5-3-2-4-6-14/h2-11H,1H3,(H,20,21,22). The predicted molar refractivity (Wildman–Crippen MR) is 93.3 cm³/mol. The van der Waals surface area contributed by atoms with Crippen LogP contribution < -0.4 is 10.1 Å². The van der Waals surface area contributed by atoms with Gasteiger partial charge >= 0.3 is 0 Å². The van der Waals surface area contributed by atoms with Crippen molar-refractivity contribution in [1.82, 2.24) is 9.97 Å². The van der Waals surface area contributed by atoms with Gasteiger partial charge in [-0.25, -0.2) is 4.98 Å². The van der Waals surface area contributed by atoms with Gasteiger partial charge in [0, 0.05) is 11.9 Å². The van der Waals surface area contributed by atoms with Gasteiger partial charge in [-0.2, -0.15) is 4.98 Å². The largest absolute Gasteiger partial charge is 0.457 e. The van der Waals surface area contributed by atoms with Crippen molar-refractivity contribution in [3.05, 3.63) is 71.6 Å². The Morgan fingerprint density at radius 3 is 2.38 bits per heavy atom. The molecule has 5 nitrogen and oxygen atoms in total. The summed E-state index contributed by atoms with van der Waals surface area (Å²) >= 11 is 5.81. The van der Waals surface area contributed by atoms with E-state index in [-0.39, 0.29) is 11.1 Å². The first kappa shape index (κ1) is 16.0. The molecule has 24 heavy (non-hydrogen) atoms. The maximum Gasteiger partial charge on any atom is 0.224 e. The first-order valence-electron chi connectivity index (χ1n) is 7.25. The molecule has 0 aliphatic heterocycles. The van der Waals surface area contributed by atoms with Gasteiger partial charge in [0.15, 0.2) is 5.78 Å². The Balaban J connectivity index is 1.77. The first-order valence-corrected chi connectivity index (χ1v) is 7.63. The van der Waals surface area contributed by atoms with E-state index in [1.807, 2.05) is 54.6 Å². The van der Waals surface area contributed by atoms with E-state index in [4.69, 9.17) is 16.3 Å². The van der Waals surface area contributed by atoms with Gasteiger partial charge in [0.05, 0.1) is 5.56 Å². The van der Waals surface area contributed by atoms with Gasteiger partial charge in [-0.3, -0.25) is 4.79 Å². The Hall–Kier alpha value is -2.92. The van der Waals surface area contributed by atoms with Gasteiger partial charge in [0.2, 0.25) is 5.28 Å². The second-order valence-electron chi connectivity index (χ2n) is 5.02. The zero-order chi connectivity index (χ0) is 16.9. The van der Waals surface area contributed by atoms with Crippen LogP contribution >= 0.6 is 11.6 Å². The zero-order valence-corrected chi connectivity index (χ0v) is 13.6. The van der Waals surface area contributed by atoms with Crippen molar-refractivity contribution in [2.45, 2.75) is 6.92 Å². The van der Waals surface area contributed by atoms with Crippen LogP contribution in [0.15, 0.2) is 60.8 Å². The van der Waals surface area contributed by atoms with E-state index >= 15 is 0 Å². The van der Waals surface area contributed by atoms with Crippen LogP contribution in [0.3, 0.4) is 0 Å². The number of anilines is 2. The fourth-order valence-corrected chi connectivity index (χ4v) is 2.21. The number of carbonyl (C=O) groups excluding carboxylic acids is 1. The Bertz CT molecular complexity index is 852. The van der Waals surface area contributed by atoms with Crippen LogP contribution in [0.25, 0.3) is 0 Å². The molecule has 3 rings (SSSR count). The molecule has 0 saturated carbocycles. The van der Waals surface area contributed by atoms with Crippen LogP contribution in [0.4, 0.5) is 11.5 Å². The summed E-state index contributed by atoms with van der Waals surface area (Å²) in [7, 11) is 0. The summed E-state index contributed by atoms with van der Waals surface area (Å²) in [5, 5.41) is 3.15. The van der Waals surface area contributed by atoms with Crippen LogP contribution in [-0.4, -0.2) is 15.8 Å². The lowest BCUT2D eigenvalue weighted by Crippen LogP contribution is -2.04. The number of hydrogen-bond acceptors (Lipinski definition) is 5.